The summed E-state index contributed by atoms with van der Waals surface area (Å²) in [6, 6.07) is 16.6. The number of nitro benzene ring substituents is 1. The molecule has 0 spiro atoms. The van der Waals surface area contributed by atoms with Gasteiger partial charge in [-0.25, -0.2) is 0 Å². The van der Waals surface area contributed by atoms with E-state index in [2.05, 4.69) is 22.3 Å². The minimum absolute atomic E-state index is 0. The molecule has 0 bridgehead atoms. The lowest BCUT2D eigenvalue weighted by Gasteiger charge is -2.32. The van der Waals surface area contributed by atoms with Crippen LogP contribution in [-0.4, -0.2) is 34.9 Å². The number of nitro groups is 1. The summed E-state index contributed by atoms with van der Waals surface area (Å²) in [6.07, 6.45) is 1.72. The van der Waals surface area contributed by atoms with Crippen molar-refractivity contribution in [2.24, 2.45) is 0 Å². The van der Waals surface area contributed by atoms with Gasteiger partial charge in [0, 0.05) is 37.1 Å². The average Bonchev–Trinajstić information content (AvgIpc) is 3.14. The molecule has 1 fully saturated rings. The minimum Gasteiger partial charge on any atom is -0.444 e. The molecule has 0 aliphatic carbocycles. The number of furan rings is 1. The van der Waals surface area contributed by atoms with Crippen molar-refractivity contribution in [3.63, 3.8) is 0 Å². The van der Waals surface area contributed by atoms with Crippen LogP contribution in [0.15, 0.2) is 59.0 Å². The first-order valence-corrected chi connectivity index (χ1v) is 9.34. The van der Waals surface area contributed by atoms with Gasteiger partial charge in [0.1, 0.15) is 0 Å². The third-order valence-electron chi connectivity index (χ3n) is 5.12. The number of nitrogens with one attached hydrogen (secondary N) is 1. The number of carbonyl (C=O) groups excluding carboxylic acids is 1. The Morgan fingerprint density at radius 3 is 2.55 bits per heavy atom. The summed E-state index contributed by atoms with van der Waals surface area (Å²) in [6.45, 7) is 2.73. The van der Waals surface area contributed by atoms with E-state index in [9.17, 15) is 14.9 Å². The summed E-state index contributed by atoms with van der Waals surface area (Å²) < 4.78 is 5.50. The molecule has 1 saturated heterocycles. The number of likely N-dealkylation sites (tertiary alicyclic amines) is 1. The Morgan fingerprint density at radius 1 is 1.14 bits per heavy atom. The second-order valence-electron chi connectivity index (χ2n) is 7.07. The maximum absolute atomic E-state index is 12.5. The van der Waals surface area contributed by atoms with E-state index < -0.39 is 4.92 Å². The van der Waals surface area contributed by atoms with Crippen molar-refractivity contribution in [3.05, 3.63) is 76.0 Å². The Morgan fingerprint density at radius 2 is 1.86 bits per heavy atom. The molecule has 4 rings (SSSR count). The molecule has 0 saturated carbocycles. The van der Waals surface area contributed by atoms with Gasteiger partial charge in [0.05, 0.1) is 4.92 Å². The second kappa shape index (κ2) is 9.36. The molecule has 3 aromatic rings. The molecule has 0 atom stereocenters. The van der Waals surface area contributed by atoms with Gasteiger partial charge in [-0.1, -0.05) is 42.5 Å². The number of halogens is 1. The number of fused-ring (bicyclic) bond motifs is 1. The van der Waals surface area contributed by atoms with E-state index in [1.807, 2.05) is 18.2 Å². The predicted molar refractivity (Wildman–Crippen MR) is 120 cm³/mol. The highest BCUT2D eigenvalue weighted by molar-refractivity contribution is 14.0. The molecule has 7 nitrogen and oxygen atoms in total. The van der Waals surface area contributed by atoms with Crippen LogP contribution >= 0.6 is 24.0 Å². The number of hydrogen-bond donors (Lipinski definition) is 1. The highest BCUT2D eigenvalue weighted by Gasteiger charge is 2.24. The molecule has 1 N–H and O–H groups in total. The Hall–Kier alpha value is -2.46. The molecule has 152 valence electrons. The first-order chi connectivity index (χ1) is 13.6. The normalized spacial score (nSPS) is 15.0. The quantitative estimate of drug-likeness (QED) is 0.315. The number of hydrogen-bond acceptors (Lipinski definition) is 5. The lowest BCUT2D eigenvalue weighted by Crippen LogP contribution is -2.44. The van der Waals surface area contributed by atoms with Crippen molar-refractivity contribution in [2.75, 3.05) is 13.1 Å². The summed E-state index contributed by atoms with van der Waals surface area (Å²) >= 11 is 0. The van der Waals surface area contributed by atoms with Gasteiger partial charge < -0.3 is 9.73 Å². The largest absolute Gasteiger partial charge is 0.444 e. The van der Waals surface area contributed by atoms with Crippen LogP contribution in [0.1, 0.15) is 29.0 Å². The van der Waals surface area contributed by atoms with Gasteiger partial charge in [-0.05, 0) is 24.5 Å². The first kappa shape index (κ1) is 21.3. The molecule has 1 amide bonds. The SMILES string of the molecule is I.O=C(NC1CCN(Cc2ccccc2)CC1)c1cc2cccc([N+](=O)[O-])c2o1. The summed E-state index contributed by atoms with van der Waals surface area (Å²) in [5, 5.41) is 14.7. The summed E-state index contributed by atoms with van der Waals surface area (Å²) in [5.74, 6) is -0.219. The van der Waals surface area contributed by atoms with Crippen molar-refractivity contribution < 1.29 is 14.1 Å². The summed E-state index contributed by atoms with van der Waals surface area (Å²) in [7, 11) is 0. The van der Waals surface area contributed by atoms with Crippen LogP contribution in [0.5, 0.6) is 0 Å². The van der Waals surface area contributed by atoms with Crippen LogP contribution in [0.2, 0.25) is 0 Å². The Labute approximate surface area is 185 Å². The van der Waals surface area contributed by atoms with Gasteiger partial charge in [0.25, 0.3) is 5.91 Å². The van der Waals surface area contributed by atoms with Crippen LogP contribution in [0.25, 0.3) is 11.0 Å². The van der Waals surface area contributed by atoms with Crippen LogP contribution in [0.4, 0.5) is 5.69 Å². The zero-order valence-electron chi connectivity index (χ0n) is 15.7. The van der Waals surface area contributed by atoms with Gasteiger partial charge in [0.15, 0.2) is 5.76 Å². The van der Waals surface area contributed by atoms with Gasteiger partial charge in [-0.2, -0.15) is 0 Å². The number of nitrogens with zero attached hydrogens (tertiary/aromatic N) is 2. The van der Waals surface area contributed by atoms with Crippen molar-refractivity contribution in [3.8, 4) is 0 Å². The standard InChI is InChI=1S/C21H21N3O4.HI/c25-21(19-13-16-7-4-8-18(24(26)27)20(16)28-19)22-17-9-11-23(12-10-17)14-15-5-2-1-3-6-15;/h1-8,13,17H,9-12,14H2,(H,22,25);1H. The number of rotatable bonds is 5. The fraction of sp³-hybridized carbons (Fsp3) is 0.286. The van der Waals surface area contributed by atoms with E-state index >= 15 is 0 Å². The monoisotopic (exact) mass is 507 g/mol. The molecule has 0 radical (unpaired) electrons. The van der Waals surface area contributed by atoms with E-state index in [1.165, 1.54) is 11.6 Å². The number of carbonyl (C=O) groups is 1. The topological polar surface area (TPSA) is 88.6 Å². The van der Waals surface area contributed by atoms with Gasteiger partial charge >= 0.3 is 5.69 Å². The molecule has 8 heteroatoms. The number of amides is 1. The molecular weight excluding hydrogens is 485 g/mol. The maximum Gasteiger partial charge on any atom is 0.312 e. The lowest BCUT2D eigenvalue weighted by molar-refractivity contribution is -0.383. The van der Waals surface area contributed by atoms with E-state index in [4.69, 9.17) is 4.42 Å². The van der Waals surface area contributed by atoms with Crippen LogP contribution in [0.3, 0.4) is 0 Å². The fourth-order valence-electron chi connectivity index (χ4n) is 3.64. The molecule has 1 aliphatic heterocycles. The van der Waals surface area contributed by atoms with Crippen molar-refractivity contribution in [1.82, 2.24) is 10.2 Å². The van der Waals surface area contributed by atoms with E-state index in [-0.39, 0.29) is 53.0 Å². The average molecular weight is 507 g/mol. The smallest absolute Gasteiger partial charge is 0.312 e. The third kappa shape index (κ3) is 4.94. The molecule has 0 unspecified atom stereocenters. The molecule has 2 heterocycles. The van der Waals surface area contributed by atoms with Gasteiger partial charge in [-0.15, -0.1) is 24.0 Å². The van der Waals surface area contributed by atoms with E-state index in [0.717, 1.165) is 32.5 Å². The highest BCUT2D eigenvalue weighted by atomic mass is 127. The van der Waals surface area contributed by atoms with Gasteiger partial charge in [-0.3, -0.25) is 19.8 Å². The third-order valence-corrected chi connectivity index (χ3v) is 5.12. The van der Waals surface area contributed by atoms with Gasteiger partial charge in [0.2, 0.25) is 5.58 Å². The van der Waals surface area contributed by atoms with Crippen LogP contribution < -0.4 is 5.32 Å². The predicted octanol–water partition coefficient (Wildman–Crippen LogP) is 4.35. The molecular formula is C21H22IN3O4. The molecule has 1 aliphatic rings. The van der Waals surface area contributed by atoms with Crippen LogP contribution in [0, 0.1) is 10.1 Å². The second-order valence-corrected chi connectivity index (χ2v) is 7.07. The Balaban J connectivity index is 0.00000240. The van der Waals surface area contributed by atoms with E-state index in [0.29, 0.717) is 5.39 Å². The fourth-order valence-corrected chi connectivity index (χ4v) is 3.64. The highest BCUT2D eigenvalue weighted by Crippen LogP contribution is 2.28. The van der Waals surface area contributed by atoms with Crippen molar-refractivity contribution >= 4 is 46.5 Å². The number of piperidine rings is 1. The number of para-hydroxylation sites is 1. The van der Waals surface area contributed by atoms with Crippen molar-refractivity contribution in [1.29, 1.82) is 0 Å². The summed E-state index contributed by atoms with van der Waals surface area (Å²) in [5.41, 5.74) is 1.29. The van der Waals surface area contributed by atoms with Crippen molar-refractivity contribution in [2.45, 2.75) is 25.4 Å². The number of non-ortho nitro benzene ring substituents is 1. The Kier molecular flexibility index (Phi) is 6.86. The minimum atomic E-state index is -0.504. The molecule has 29 heavy (non-hydrogen) atoms. The van der Waals surface area contributed by atoms with E-state index in [1.54, 1.807) is 18.2 Å². The maximum atomic E-state index is 12.5. The lowest BCUT2D eigenvalue weighted by atomic mass is 10.0. The zero-order chi connectivity index (χ0) is 19.5. The molecule has 1 aromatic heterocycles. The Bertz CT molecular complexity index is 998. The zero-order valence-corrected chi connectivity index (χ0v) is 18.1. The molecule has 2 aromatic carbocycles. The first-order valence-electron chi connectivity index (χ1n) is 9.34. The number of benzene rings is 2. The van der Waals surface area contributed by atoms with Crippen LogP contribution in [-0.2, 0) is 6.54 Å². The summed E-state index contributed by atoms with van der Waals surface area (Å²) in [4.78, 5) is 25.5.